The van der Waals surface area contributed by atoms with Crippen molar-refractivity contribution in [3.8, 4) is 11.8 Å². The van der Waals surface area contributed by atoms with Gasteiger partial charge >= 0.3 is 0 Å². The highest BCUT2D eigenvalue weighted by molar-refractivity contribution is 7.96. The van der Waals surface area contributed by atoms with Gasteiger partial charge in [0.05, 0.1) is 0 Å². The molecule has 0 aromatic heterocycles. The zero-order chi connectivity index (χ0) is 20.7. The zero-order valence-corrected chi connectivity index (χ0v) is 18.6. The largest absolute Gasteiger partial charge is 0.327 e. The van der Waals surface area contributed by atoms with E-state index in [9.17, 15) is 0 Å². The Morgan fingerprint density at radius 1 is 0.767 bits per heavy atom. The summed E-state index contributed by atoms with van der Waals surface area (Å²) in [5.74, 6) is 6.92. The Labute approximate surface area is 181 Å². The molecule has 0 spiro atoms. The SMILES string of the molecule is CCCCC#CC1CCC([P+](c2ccccc2)(c2ccccc2)c2ccccc2)O1. The molecule has 1 heterocycles. The van der Waals surface area contributed by atoms with Gasteiger partial charge in [0.15, 0.2) is 5.85 Å². The summed E-state index contributed by atoms with van der Waals surface area (Å²) in [6.07, 6.45) is 5.42. The Balaban J connectivity index is 1.81. The van der Waals surface area contributed by atoms with Crippen molar-refractivity contribution in [2.45, 2.75) is 51.0 Å². The quantitative estimate of drug-likeness (QED) is 0.287. The van der Waals surface area contributed by atoms with E-state index in [1.54, 1.807) is 0 Å². The lowest BCUT2D eigenvalue weighted by molar-refractivity contribution is 0.127. The predicted molar refractivity (Wildman–Crippen MR) is 130 cm³/mol. The van der Waals surface area contributed by atoms with Crippen LogP contribution < -0.4 is 15.9 Å². The molecule has 1 aliphatic rings. The maximum absolute atomic E-state index is 6.75. The van der Waals surface area contributed by atoms with Crippen LogP contribution in [0.25, 0.3) is 0 Å². The van der Waals surface area contributed by atoms with Crippen LogP contribution in [0.15, 0.2) is 91.0 Å². The smallest absolute Gasteiger partial charge is 0.183 e. The normalized spacial score (nSPS) is 18.6. The van der Waals surface area contributed by atoms with E-state index in [1.165, 1.54) is 22.3 Å². The van der Waals surface area contributed by atoms with Crippen LogP contribution in [0.2, 0.25) is 0 Å². The fourth-order valence-corrected chi connectivity index (χ4v) is 9.08. The first-order valence-corrected chi connectivity index (χ1v) is 12.9. The molecule has 30 heavy (non-hydrogen) atoms. The first-order valence-electron chi connectivity index (χ1n) is 11.0. The first-order chi connectivity index (χ1) is 14.9. The van der Waals surface area contributed by atoms with Crippen LogP contribution >= 0.6 is 7.26 Å². The van der Waals surface area contributed by atoms with Crippen molar-refractivity contribution in [2.75, 3.05) is 0 Å². The van der Waals surface area contributed by atoms with Crippen molar-refractivity contribution in [3.63, 3.8) is 0 Å². The van der Waals surface area contributed by atoms with Crippen molar-refractivity contribution in [2.24, 2.45) is 0 Å². The standard InChI is InChI=1S/C28H30OP/c1-2-3-4-8-15-24-22-23-28(29-24)30(25-16-9-5-10-17-25,26-18-11-6-12-19-26)27-20-13-7-14-21-27/h5-7,9-14,16-21,24,28H,2-4,22-23H2,1H3/q+1. The fraction of sp³-hybridized carbons (Fsp3) is 0.286. The average Bonchev–Trinajstić information content (AvgIpc) is 3.29. The number of ether oxygens (including phenoxy) is 1. The second-order valence-electron chi connectivity index (χ2n) is 7.81. The minimum Gasteiger partial charge on any atom is -0.327 e. The van der Waals surface area contributed by atoms with Gasteiger partial charge in [-0.1, -0.05) is 73.9 Å². The van der Waals surface area contributed by atoms with Crippen molar-refractivity contribution >= 4 is 23.2 Å². The van der Waals surface area contributed by atoms with Crippen LogP contribution in [-0.2, 0) is 4.74 Å². The van der Waals surface area contributed by atoms with Crippen LogP contribution in [-0.4, -0.2) is 11.9 Å². The molecule has 0 radical (unpaired) electrons. The molecule has 3 aromatic carbocycles. The minimum absolute atomic E-state index is 0.0439. The monoisotopic (exact) mass is 413 g/mol. The van der Waals surface area contributed by atoms with E-state index in [4.69, 9.17) is 4.74 Å². The molecule has 1 saturated heterocycles. The highest BCUT2D eigenvalue weighted by Crippen LogP contribution is 2.63. The third-order valence-electron chi connectivity index (χ3n) is 5.84. The second-order valence-corrected chi connectivity index (χ2v) is 11.4. The Bertz CT molecular complexity index is 876. The lowest BCUT2D eigenvalue weighted by Crippen LogP contribution is -2.38. The van der Waals surface area contributed by atoms with Gasteiger partial charge in [0.2, 0.25) is 0 Å². The molecule has 4 rings (SSSR count). The average molecular weight is 414 g/mol. The third-order valence-corrected chi connectivity index (χ3v) is 10.4. The predicted octanol–water partition coefficient (Wildman–Crippen LogP) is 5.68. The van der Waals surface area contributed by atoms with Crippen LogP contribution in [0.4, 0.5) is 0 Å². The van der Waals surface area contributed by atoms with E-state index in [2.05, 4.69) is 110 Å². The van der Waals surface area contributed by atoms with Gasteiger partial charge in [-0.25, -0.2) is 0 Å². The molecule has 2 atom stereocenters. The van der Waals surface area contributed by atoms with Gasteiger partial charge in [-0.05, 0) is 49.2 Å². The van der Waals surface area contributed by atoms with Crippen molar-refractivity contribution in [1.82, 2.24) is 0 Å². The molecule has 0 amide bonds. The Morgan fingerprint density at radius 3 is 1.73 bits per heavy atom. The summed E-state index contributed by atoms with van der Waals surface area (Å²) in [5.41, 5.74) is 0. The molecular formula is C28H30OP+. The Morgan fingerprint density at radius 2 is 1.27 bits per heavy atom. The maximum Gasteiger partial charge on any atom is 0.183 e. The lowest BCUT2D eigenvalue weighted by Gasteiger charge is -2.32. The number of unbranched alkanes of at least 4 members (excludes halogenated alkanes) is 2. The van der Waals surface area contributed by atoms with Gasteiger partial charge in [0.1, 0.15) is 29.3 Å². The maximum atomic E-state index is 6.75. The van der Waals surface area contributed by atoms with Crippen molar-refractivity contribution in [3.05, 3.63) is 91.0 Å². The number of rotatable bonds is 6. The zero-order valence-electron chi connectivity index (χ0n) is 17.7. The highest BCUT2D eigenvalue weighted by atomic mass is 31.2. The molecule has 0 bridgehead atoms. The number of hydrogen-bond donors (Lipinski definition) is 0. The van der Waals surface area contributed by atoms with Gasteiger partial charge in [-0.3, -0.25) is 0 Å². The van der Waals surface area contributed by atoms with Crippen LogP contribution in [0.5, 0.6) is 0 Å². The summed E-state index contributed by atoms with van der Waals surface area (Å²) >= 11 is 0. The second kappa shape index (κ2) is 10.1. The molecule has 152 valence electrons. The van der Waals surface area contributed by atoms with Crippen LogP contribution in [0.3, 0.4) is 0 Å². The molecule has 1 aliphatic heterocycles. The van der Waals surface area contributed by atoms with Gasteiger partial charge in [-0.2, -0.15) is 0 Å². The number of hydrogen-bond acceptors (Lipinski definition) is 1. The molecule has 1 fully saturated rings. The van der Waals surface area contributed by atoms with E-state index in [1.807, 2.05) is 0 Å². The van der Waals surface area contributed by atoms with Gasteiger partial charge in [0, 0.05) is 12.8 Å². The lowest BCUT2D eigenvalue weighted by atomic mass is 10.2. The molecular weight excluding hydrogens is 383 g/mol. The van der Waals surface area contributed by atoms with E-state index in [0.29, 0.717) is 0 Å². The van der Waals surface area contributed by atoms with Crippen LogP contribution in [0, 0.1) is 11.8 Å². The molecule has 0 N–H and O–H groups in total. The molecule has 3 aromatic rings. The highest BCUT2D eigenvalue weighted by Gasteiger charge is 2.55. The Hall–Kier alpha value is -2.39. The summed E-state index contributed by atoms with van der Waals surface area (Å²) in [5, 5.41) is 4.14. The molecule has 1 nitrogen and oxygen atoms in total. The fourth-order valence-electron chi connectivity index (χ4n) is 4.40. The topological polar surface area (TPSA) is 9.23 Å². The van der Waals surface area contributed by atoms with Crippen LogP contribution in [0.1, 0.15) is 39.0 Å². The third kappa shape index (κ3) is 4.22. The van der Waals surface area contributed by atoms with E-state index in [0.717, 1.165) is 25.7 Å². The van der Waals surface area contributed by atoms with Crippen molar-refractivity contribution in [1.29, 1.82) is 0 Å². The van der Waals surface area contributed by atoms with Crippen molar-refractivity contribution < 1.29 is 4.74 Å². The Kier molecular flexibility index (Phi) is 7.01. The molecule has 2 unspecified atom stereocenters. The first kappa shape index (κ1) is 20.9. The summed E-state index contributed by atoms with van der Waals surface area (Å²) in [6, 6.07) is 33.0. The van der Waals surface area contributed by atoms with E-state index in [-0.39, 0.29) is 11.9 Å². The summed E-state index contributed by atoms with van der Waals surface area (Å²) in [6.45, 7) is 2.21. The summed E-state index contributed by atoms with van der Waals surface area (Å²) in [4.78, 5) is 0. The van der Waals surface area contributed by atoms with E-state index < -0.39 is 7.26 Å². The molecule has 0 aliphatic carbocycles. The molecule has 2 heteroatoms. The van der Waals surface area contributed by atoms with Gasteiger partial charge in [0.25, 0.3) is 0 Å². The minimum atomic E-state index is -1.97. The van der Waals surface area contributed by atoms with Gasteiger partial charge in [-0.15, -0.1) is 5.92 Å². The molecule has 0 saturated carbocycles. The number of benzene rings is 3. The van der Waals surface area contributed by atoms with Gasteiger partial charge < -0.3 is 4.74 Å². The summed E-state index contributed by atoms with van der Waals surface area (Å²) < 4.78 is 6.75. The van der Waals surface area contributed by atoms with E-state index >= 15 is 0 Å². The summed E-state index contributed by atoms with van der Waals surface area (Å²) in [7, 11) is -1.97.